The molecule has 1 aliphatic rings. The second kappa shape index (κ2) is 3.40. The molecule has 1 heterocycles. The molecule has 0 atom stereocenters. The van der Waals surface area contributed by atoms with Crippen LogP contribution in [0.4, 0.5) is 0 Å². The number of carbonyl (C=O) groups is 1. The maximum Gasteiger partial charge on any atom is 0.320 e. The Morgan fingerprint density at radius 3 is 2.50 bits per heavy atom. The standard InChI is InChI=1S/C6H11NO4S/c1-11-6(8)4-12(9,10)5-2-7-3-5/h5,7H,2-4H2,1H3. The first-order valence-electron chi connectivity index (χ1n) is 3.55. The number of esters is 1. The third-order valence-electron chi connectivity index (χ3n) is 1.80. The quantitative estimate of drug-likeness (QED) is 0.555. The minimum Gasteiger partial charge on any atom is -0.468 e. The number of hydrogen-bond donors (Lipinski definition) is 1. The Bertz CT molecular complexity index is 267. The summed E-state index contributed by atoms with van der Waals surface area (Å²) in [5.74, 6) is -1.20. The fourth-order valence-corrected chi connectivity index (χ4v) is 2.28. The number of nitrogens with one attached hydrogen (secondary N) is 1. The van der Waals surface area contributed by atoms with Crippen molar-refractivity contribution in [3.63, 3.8) is 0 Å². The van der Waals surface area contributed by atoms with Crippen LogP contribution in [-0.2, 0) is 19.4 Å². The van der Waals surface area contributed by atoms with Crippen molar-refractivity contribution in [1.82, 2.24) is 5.32 Å². The molecule has 0 aliphatic carbocycles. The number of methoxy groups -OCH3 is 1. The van der Waals surface area contributed by atoms with Gasteiger partial charge in [-0.25, -0.2) is 8.42 Å². The summed E-state index contributed by atoms with van der Waals surface area (Å²) in [5.41, 5.74) is 0. The van der Waals surface area contributed by atoms with Gasteiger partial charge in [0.15, 0.2) is 9.84 Å². The molecule has 6 heteroatoms. The fraction of sp³-hybridized carbons (Fsp3) is 0.833. The lowest BCUT2D eigenvalue weighted by atomic mass is 10.3. The van der Waals surface area contributed by atoms with Crippen LogP contribution in [0, 0.1) is 0 Å². The topological polar surface area (TPSA) is 72.5 Å². The molecule has 0 aromatic carbocycles. The van der Waals surface area contributed by atoms with Crippen molar-refractivity contribution >= 4 is 15.8 Å². The van der Waals surface area contributed by atoms with E-state index in [9.17, 15) is 13.2 Å². The van der Waals surface area contributed by atoms with Gasteiger partial charge in [-0.1, -0.05) is 0 Å². The Hall–Kier alpha value is -0.620. The highest BCUT2D eigenvalue weighted by atomic mass is 32.2. The first kappa shape index (κ1) is 9.47. The van der Waals surface area contributed by atoms with Crippen LogP contribution in [0.1, 0.15) is 0 Å². The molecule has 1 saturated heterocycles. The normalized spacial score (nSPS) is 18.4. The van der Waals surface area contributed by atoms with Gasteiger partial charge >= 0.3 is 5.97 Å². The highest BCUT2D eigenvalue weighted by molar-refractivity contribution is 7.92. The predicted molar refractivity (Wildman–Crippen MR) is 42.5 cm³/mol. The van der Waals surface area contributed by atoms with E-state index in [0.29, 0.717) is 13.1 Å². The van der Waals surface area contributed by atoms with Crippen molar-refractivity contribution in [2.45, 2.75) is 5.25 Å². The molecular formula is C6H11NO4S. The highest BCUT2D eigenvalue weighted by Gasteiger charge is 2.32. The lowest BCUT2D eigenvalue weighted by Gasteiger charge is -2.26. The molecule has 0 unspecified atom stereocenters. The largest absolute Gasteiger partial charge is 0.468 e. The number of carbonyl (C=O) groups excluding carboxylic acids is 1. The Morgan fingerprint density at radius 1 is 1.58 bits per heavy atom. The van der Waals surface area contributed by atoms with E-state index in [1.807, 2.05) is 0 Å². The van der Waals surface area contributed by atoms with Gasteiger partial charge in [0.05, 0.1) is 12.4 Å². The smallest absolute Gasteiger partial charge is 0.320 e. The minimum atomic E-state index is -3.27. The van der Waals surface area contributed by atoms with E-state index >= 15 is 0 Å². The van der Waals surface area contributed by atoms with Crippen molar-refractivity contribution in [2.75, 3.05) is 26.0 Å². The summed E-state index contributed by atoms with van der Waals surface area (Å²) in [6, 6.07) is 0. The van der Waals surface area contributed by atoms with Crippen LogP contribution in [0.15, 0.2) is 0 Å². The van der Waals surface area contributed by atoms with Gasteiger partial charge < -0.3 is 10.1 Å². The second-order valence-corrected chi connectivity index (χ2v) is 4.94. The van der Waals surface area contributed by atoms with Crippen LogP contribution in [-0.4, -0.2) is 45.6 Å². The van der Waals surface area contributed by atoms with E-state index in [-0.39, 0.29) is 0 Å². The first-order chi connectivity index (χ1) is 5.56. The molecule has 70 valence electrons. The average Bonchev–Trinajstić information content (AvgIpc) is 1.80. The third kappa shape index (κ3) is 1.95. The van der Waals surface area contributed by atoms with Crippen LogP contribution >= 0.6 is 0 Å². The Kier molecular flexibility index (Phi) is 2.69. The van der Waals surface area contributed by atoms with Gasteiger partial charge in [0.25, 0.3) is 0 Å². The minimum absolute atomic E-state index is 0.406. The van der Waals surface area contributed by atoms with E-state index in [1.54, 1.807) is 0 Å². The van der Waals surface area contributed by atoms with Gasteiger partial charge in [-0.3, -0.25) is 4.79 Å². The van der Waals surface area contributed by atoms with Gasteiger partial charge in [0.1, 0.15) is 5.75 Å². The Labute approximate surface area is 71.0 Å². The van der Waals surface area contributed by atoms with E-state index in [4.69, 9.17) is 0 Å². The zero-order valence-electron chi connectivity index (χ0n) is 6.74. The molecule has 0 aromatic heterocycles. The summed E-state index contributed by atoms with van der Waals surface area (Å²) in [5, 5.41) is 2.42. The Morgan fingerprint density at radius 2 is 2.17 bits per heavy atom. The molecule has 0 spiro atoms. The maximum atomic E-state index is 11.2. The molecule has 0 bridgehead atoms. The number of ether oxygens (including phenoxy) is 1. The van der Waals surface area contributed by atoms with Gasteiger partial charge in [-0.15, -0.1) is 0 Å². The average molecular weight is 193 g/mol. The third-order valence-corrected chi connectivity index (χ3v) is 3.79. The summed E-state index contributed by atoms with van der Waals surface area (Å²) in [4.78, 5) is 10.7. The molecule has 0 radical (unpaired) electrons. The van der Waals surface area contributed by atoms with Gasteiger partial charge in [0.2, 0.25) is 0 Å². The summed E-state index contributed by atoms with van der Waals surface area (Å²) < 4.78 is 26.7. The maximum absolute atomic E-state index is 11.2. The highest BCUT2D eigenvalue weighted by Crippen LogP contribution is 2.07. The monoisotopic (exact) mass is 193 g/mol. The van der Waals surface area contributed by atoms with Gasteiger partial charge in [0, 0.05) is 13.1 Å². The molecule has 1 rings (SSSR count). The van der Waals surface area contributed by atoms with E-state index < -0.39 is 26.8 Å². The van der Waals surface area contributed by atoms with Crippen molar-refractivity contribution in [2.24, 2.45) is 0 Å². The number of rotatable bonds is 3. The summed E-state index contributed by atoms with van der Waals surface area (Å²) >= 11 is 0. The van der Waals surface area contributed by atoms with E-state index in [1.165, 1.54) is 7.11 Å². The lowest BCUT2D eigenvalue weighted by Crippen LogP contribution is -2.52. The van der Waals surface area contributed by atoms with Crippen molar-refractivity contribution in [3.05, 3.63) is 0 Å². The summed E-state index contributed by atoms with van der Waals surface area (Å²) in [7, 11) is -2.09. The van der Waals surface area contributed by atoms with E-state index in [0.717, 1.165) is 0 Å². The molecule has 12 heavy (non-hydrogen) atoms. The van der Waals surface area contributed by atoms with Gasteiger partial charge in [-0.05, 0) is 0 Å². The zero-order chi connectivity index (χ0) is 9.19. The fourth-order valence-electron chi connectivity index (χ4n) is 0.857. The summed E-state index contributed by atoms with van der Waals surface area (Å²) in [6.07, 6.45) is 0. The van der Waals surface area contributed by atoms with Crippen LogP contribution in [0.5, 0.6) is 0 Å². The molecule has 0 amide bonds. The molecule has 1 fully saturated rings. The van der Waals surface area contributed by atoms with Crippen LogP contribution in [0.3, 0.4) is 0 Å². The summed E-state index contributed by atoms with van der Waals surface area (Å²) in [6.45, 7) is 0.888. The SMILES string of the molecule is COC(=O)CS(=O)(=O)C1CNC1. The number of hydrogen-bond acceptors (Lipinski definition) is 5. The molecular weight excluding hydrogens is 182 g/mol. The van der Waals surface area contributed by atoms with Crippen molar-refractivity contribution < 1.29 is 17.9 Å². The van der Waals surface area contributed by atoms with Crippen molar-refractivity contribution in [3.8, 4) is 0 Å². The van der Waals surface area contributed by atoms with Crippen molar-refractivity contribution in [1.29, 1.82) is 0 Å². The van der Waals surface area contributed by atoms with Crippen LogP contribution in [0.25, 0.3) is 0 Å². The second-order valence-electron chi connectivity index (χ2n) is 2.66. The molecule has 1 N–H and O–H groups in total. The predicted octanol–water partition coefficient (Wildman–Crippen LogP) is -1.45. The molecule has 0 aromatic rings. The lowest BCUT2D eigenvalue weighted by molar-refractivity contribution is -0.137. The zero-order valence-corrected chi connectivity index (χ0v) is 7.56. The Balaban J connectivity index is 2.54. The van der Waals surface area contributed by atoms with E-state index in [2.05, 4.69) is 10.1 Å². The molecule has 0 saturated carbocycles. The number of sulfone groups is 1. The first-order valence-corrected chi connectivity index (χ1v) is 5.27. The van der Waals surface area contributed by atoms with Crippen LogP contribution in [0.2, 0.25) is 0 Å². The van der Waals surface area contributed by atoms with Gasteiger partial charge in [-0.2, -0.15) is 0 Å². The van der Waals surface area contributed by atoms with Crippen LogP contribution < -0.4 is 5.32 Å². The molecule has 5 nitrogen and oxygen atoms in total. The molecule has 1 aliphatic heterocycles.